The van der Waals surface area contributed by atoms with Crippen LogP contribution in [0.4, 0.5) is 13.2 Å². The Balaban J connectivity index is 2.57. The molecule has 2 rings (SSSR count). The molecule has 0 aliphatic carbocycles. The molecule has 0 saturated heterocycles. The van der Waals surface area contributed by atoms with Gasteiger partial charge in [-0.15, -0.1) is 0 Å². The van der Waals surface area contributed by atoms with E-state index in [9.17, 15) is 18.0 Å². The van der Waals surface area contributed by atoms with E-state index in [0.717, 1.165) is 23.9 Å². The predicted octanol–water partition coefficient (Wildman–Crippen LogP) is 4.18. The van der Waals surface area contributed by atoms with Crippen LogP contribution in [0.25, 0.3) is 0 Å². The first-order chi connectivity index (χ1) is 10.4. The van der Waals surface area contributed by atoms with E-state index >= 15 is 0 Å². The van der Waals surface area contributed by atoms with Gasteiger partial charge < -0.3 is 5.73 Å². The molecule has 2 aromatic rings. The maximum Gasteiger partial charge on any atom is 0.416 e. The van der Waals surface area contributed by atoms with Crippen LogP contribution in [0.5, 0.6) is 0 Å². The van der Waals surface area contributed by atoms with Crippen molar-refractivity contribution in [1.29, 1.82) is 0 Å². The van der Waals surface area contributed by atoms with Gasteiger partial charge in [-0.3, -0.25) is 4.79 Å². The van der Waals surface area contributed by atoms with Crippen molar-refractivity contribution < 1.29 is 18.0 Å². The summed E-state index contributed by atoms with van der Waals surface area (Å²) in [5, 5.41) is 0.398. The molecule has 2 N–H and O–H groups in total. The third-order valence-electron chi connectivity index (χ3n) is 2.85. The molecule has 8 heteroatoms. The molecule has 22 heavy (non-hydrogen) atoms. The van der Waals surface area contributed by atoms with Gasteiger partial charge in [-0.1, -0.05) is 23.4 Å². The quantitative estimate of drug-likeness (QED) is 0.844. The molecule has 0 spiro atoms. The van der Waals surface area contributed by atoms with Gasteiger partial charge >= 0.3 is 6.18 Å². The molecule has 0 amide bonds. The van der Waals surface area contributed by atoms with Crippen LogP contribution in [0.15, 0.2) is 40.4 Å². The number of aldehydes is 1. The minimum absolute atomic E-state index is 0.118. The van der Waals surface area contributed by atoms with Crippen LogP contribution in [-0.4, -0.2) is 11.3 Å². The lowest BCUT2D eigenvalue weighted by Crippen LogP contribution is -2.13. The van der Waals surface area contributed by atoms with Gasteiger partial charge in [0.2, 0.25) is 0 Å². The summed E-state index contributed by atoms with van der Waals surface area (Å²) >= 11 is 6.91. The number of aromatic nitrogens is 1. The molecule has 3 nitrogen and oxygen atoms in total. The Morgan fingerprint density at radius 1 is 1.32 bits per heavy atom. The van der Waals surface area contributed by atoms with E-state index < -0.39 is 11.7 Å². The largest absolute Gasteiger partial charge is 0.416 e. The van der Waals surface area contributed by atoms with Crippen LogP contribution in [-0.2, 0) is 12.7 Å². The summed E-state index contributed by atoms with van der Waals surface area (Å²) in [5.74, 6) is 0. The van der Waals surface area contributed by atoms with Gasteiger partial charge in [0.1, 0.15) is 5.03 Å². The highest BCUT2D eigenvalue weighted by Crippen LogP contribution is 2.42. The van der Waals surface area contributed by atoms with Crippen molar-refractivity contribution in [2.75, 3.05) is 0 Å². The second-order valence-corrected chi connectivity index (χ2v) is 5.63. The number of rotatable bonds is 4. The normalized spacial score (nSPS) is 11.5. The fourth-order valence-corrected chi connectivity index (χ4v) is 3.17. The standard InChI is InChI=1S/C14H10ClF3N2OS/c15-11-4-3-10(14(16,17)18)9(6-19)12(11)22-13-8(7-21)2-1-5-20-13/h1-5,7H,6,19H2. The first-order valence-electron chi connectivity index (χ1n) is 6.05. The van der Waals surface area contributed by atoms with E-state index in [-0.39, 0.29) is 32.6 Å². The molecule has 116 valence electrons. The minimum atomic E-state index is -4.54. The summed E-state index contributed by atoms with van der Waals surface area (Å²) in [4.78, 5) is 15.1. The molecule has 0 saturated carbocycles. The summed E-state index contributed by atoms with van der Waals surface area (Å²) < 4.78 is 39.2. The first kappa shape index (κ1) is 16.8. The Hall–Kier alpha value is -1.57. The number of benzene rings is 1. The van der Waals surface area contributed by atoms with Crippen LogP contribution in [0, 0.1) is 0 Å². The van der Waals surface area contributed by atoms with Crippen molar-refractivity contribution >= 4 is 29.6 Å². The lowest BCUT2D eigenvalue weighted by molar-refractivity contribution is -0.138. The Labute approximate surface area is 133 Å². The SMILES string of the molecule is NCc1c(C(F)(F)F)ccc(Cl)c1Sc1ncccc1C=O. The molecule has 0 bridgehead atoms. The maximum atomic E-state index is 13.1. The van der Waals surface area contributed by atoms with Gasteiger partial charge in [-0.2, -0.15) is 13.2 Å². The van der Waals surface area contributed by atoms with E-state index in [4.69, 9.17) is 17.3 Å². The van der Waals surface area contributed by atoms with Gasteiger partial charge in [-0.05, 0) is 29.8 Å². The van der Waals surface area contributed by atoms with Gasteiger partial charge in [0.25, 0.3) is 0 Å². The van der Waals surface area contributed by atoms with Crippen molar-refractivity contribution in [3.63, 3.8) is 0 Å². The molecule has 0 fully saturated rings. The summed E-state index contributed by atoms with van der Waals surface area (Å²) in [5.41, 5.74) is 4.79. The number of nitrogens with zero attached hydrogens (tertiary/aromatic N) is 1. The molecular formula is C14H10ClF3N2OS. The Bertz CT molecular complexity index is 707. The Morgan fingerprint density at radius 3 is 2.64 bits per heavy atom. The van der Waals surface area contributed by atoms with Gasteiger partial charge in [0.15, 0.2) is 6.29 Å². The molecule has 0 aliphatic heterocycles. The number of pyridine rings is 1. The van der Waals surface area contributed by atoms with Crippen molar-refractivity contribution in [2.24, 2.45) is 5.73 Å². The van der Waals surface area contributed by atoms with Gasteiger partial charge in [0.05, 0.1) is 10.6 Å². The molecule has 1 aromatic heterocycles. The minimum Gasteiger partial charge on any atom is -0.326 e. The van der Waals surface area contributed by atoms with Gasteiger partial charge in [0, 0.05) is 23.2 Å². The molecule has 1 aromatic carbocycles. The highest BCUT2D eigenvalue weighted by atomic mass is 35.5. The maximum absolute atomic E-state index is 13.1. The molecule has 0 unspecified atom stereocenters. The number of hydrogen-bond acceptors (Lipinski definition) is 4. The van der Waals surface area contributed by atoms with Crippen LogP contribution >= 0.6 is 23.4 Å². The summed E-state index contributed by atoms with van der Waals surface area (Å²) in [7, 11) is 0. The third-order valence-corrected chi connectivity index (χ3v) is 4.48. The smallest absolute Gasteiger partial charge is 0.326 e. The lowest BCUT2D eigenvalue weighted by Gasteiger charge is -2.16. The van der Waals surface area contributed by atoms with Crippen molar-refractivity contribution in [2.45, 2.75) is 22.6 Å². The molecular weight excluding hydrogens is 337 g/mol. The average molecular weight is 347 g/mol. The predicted molar refractivity (Wildman–Crippen MR) is 78.1 cm³/mol. The summed E-state index contributed by atoms with van der Waals surface area (Å²) in [6.07, 6.45) is -2.51. The number of nitrogens with two attached hydrogens (primary N) is 1. The van der Waals surface area contributed by atoms with Crippen molar-refractivity contribution in [3.8, 4) is 0 Å². The number of alkyl halides is 3. The van der Waals surface area contributed by atoms with Crippen LogP contribution in [0.2, 0.25) is 5.02 Å². The van der Waals surface area contributed by atoms with Crippen LogP contribution < -0.4 is 5.73 Å². The van der Waals surface area contributed by atoms with E-state index in [1.165, 1.54) is 12.3 Å². The topological polar surface area (TPSA) is 56.0 Å². The van der Waals surface area contributed by atoms with Gasteiger partial charge in [-0.25, -0.2) is 4.98 Å². The lowest BCUT2D eigenvalue weighted by atomic mass is 10.1. The molecule has 1 heterocycles. The number of halogens is 4. The number of hydrogen-bond donors (Lipinski definition) is 1. The monoisotopic (exact) mass is 346 g/mol. The fourth-order valence-electron chi connectivity index (χ4n) is 1.85. The zero-order chi connectivity index (χ0) is 16.3. The van der Waals surface area contributed by atoms with E-state index in [1.54, 1.807) is 6.07 Å². The van der Waals surface area contributed by atoms with Crippen LogP contribution in [0.1, 0.15) is 21.5 Å². The zero-order valence-corrected chi connectivity index (χ0v) is 12.6. The second kappa shape index (κ2) is 6.68. The number of carbonyl (C=O) groups excluding carboxylic acids is 1. The molecule has 0 radical (unpaired) electrons. The second-order valence-electron chi connectivity index (χ2n) is 4.22. The molecule has 0 aliphatic rings. The first-order valence-corrected chi connectivity index (χ1v) is 7.24. The van der Waals surface area contributed by atoms with Crippen molar-refractivity contribution in [3.05, 3.63) is 52.2 Å². The fraction of sp³-hybridized carbons (Fsp3) is 0.143. The van der Waals surface area contributed by atoms with Crippen LogP contribution in [0.3, 0.4) is 0 Å². The Morgan fingerprint density at radius 2 is 2.05 bits per heavy atom. The van der Waals surface area contributed by atoms with E-state index in [2.05, 4.69) is 4.98 Å². The summed E-state index contributed by atoms with van der Waals surface area (Å²) in [6.45, 7) is -0.332. The highest BCUT2D eigenvalue weighted by molar-refractivity contribution is 7.99. The zero-order valence-electron chi connectivity index (χ0n) is 11.0. The molecule has 0 atom stereocenters. The third kappa shape index (κ3) is 3.43. The average Bonchev–Trinajstić information content (AvgIpc) is 2.48. The van der Waals surface area contributed by atoms with E-state index in [0.29, 0.717) is 6.29 Å². The summed E-state index contributed by atoms with van der Waals surface area (Å²) in [6, 6.07) is 5.14. The van der Waals surface area contributed by atoms with E-state index in [1.807, 2.05) is 0 Å². The number of carbonyl (C=O) groups is 1. The Kier molecular flexibility index (Phi) is 5.10. The highest BCUT2D eigenvalue weighted by Gasteiger charge is 2.34. The van der Waals surface area contributed by atoms with Crippen molar-refractivity contribution in [1.82, 2.24) is 4.98 Å².